The molecule has 1 saturated heterocycles. The fraction of sp³-hybridized carbons (Fsp3) is 0.350. The average Bonchev–Trinajstić information content (AvgIpc) is 3.54. The largest absolute Gasteiger partial charge is 0.434 e. The zero-order valence-electron chi connectivity index (χ0n) is 18.5. The number of amides is 1. The number of nitrogens with one attached hydrogen (secondary N) is 2. The van der Waals surface area contributed by atoms with Crippen LogP contribution in [-0.4, -0.2) is 65.0 Å². The number of halogens is 3. The van der Waals surface area contributed by atoms with E-state index in [-0.39, 0.29) is 47.8 Å². The summed E-state index contributed by atoms with van der Waals surface area (Å²) < 4.78 is 65.5. The van der Waals surface area contributed by atoms with Crippen molar-refractivity contribution in [3.63, 3.8) is 0 Å². The molecule has 0 aromatic carbocycles. The number of hydrogen-bond donors (Lipinski definition) is 2. The molecule has 3 aromatic rings. The van der Waals surface area contributed by atoms with Crippen LogP contribution in [0.4, 0.5) is 24.1 Å². The van der Waals surface area contributed by atoms with Gasteiger partial charge >= 0.3 is 6.18 Å². The van der Waals surface area contributed by atoms with Gasteiger partial charge in [0.25, 0.3) is 15.9 Å². The zero-order valence-corrected chi connectivity index (χ0v) is 20.1. The van der Waals surface area contributed by atoms with Crippen LogP contribution in [0.15, 0.2) is 34.7 Å². The highest BCUT2D eigenvalue weighted by atomic mass is 32.2. The molecule has 1 amide bonds. The zero-order chi connectivity index (χ0) is 25.5. The standard InChI is InChI=1S/C20H19F3N8O3S2/c21-20(22,23)15-11-35-19(26-15)30-5-7-31(8-6-30)36(33,34)17-4-3-16(28-29-17)27-18(32)13-2-1-12-9-24-10-14(12)25-13/h1-4,11,24H,5-10H2,(H,27,28,32). The number of alkyl halides is 3. The van der Waals surface area contributed by atoms with Crippen molar-refractivity contribution in [3.05, 3.63) is 52.3 Å². The second-order valence-corrected chi connectivity index (χ2v) is 10.7. The van der Waals surface area contributed by atoms with Crippen molar-refractivity contribution in [3.8, 4) is 0 Å². The molecule has 16 heteroatoms. The number of hydrogen-bond acceptors (Lipinski definition) is 10. The Balaban J connectivity index is 1.21. The lowest BCUT2D eigenvalue weighted by Gasteiger charge is -2.33. The molecule has 11 nitrogen and oxygen atoms in total. The molecular formula is C20H19F3N8O3S2. The first-order chi connectivity index (χ1) is 17.1. The fourth-order valence-electron chi connectivity index (χ4n) is 3.78. The predicted molar refractivity (Wildman–Crippen MR) is 123 cm³/mol. The molecule has 0 atom stereocenters. The Hall–Kier alpha value is -3.21. The first-order valence-corrected chi connectivity index (χ1v) is 13.1. The average molecular weight is 541 g/mol. The highest BCUT2D eigenvalue weighted by Crippen LogP contribution is 2.33. The van der Waals surface area contributed by atoms with Crippen molar-refractivity contribution < 1.29 is 26.4 Å². The third-order valence-corrected chi connectivity index (χ3v) is 8.38. The molecule has 0 aliphatic carbocycles. The Bertz CT molecular complexity index is 1390. The van der Waals surface area contributed by atoms with E-state index < -0.39 is 27.8 Å². The predicted octanol–water partition coefficient (Wildman–Crippen LogP) is 1.71. The summed E-state index contributed by atoms with van der Waals surface area (Å²) in [5.41, 5.74) is 1.06. The minimum absolute atomic E-state index is 0.0439. The molecule has 0 spiro atoms. The van der Waals surface area contributed by atoms with E-state index in [0.29, 0.717) is 13.1 Å². The van der Waals surface area contributed by atoms with Crippen LogP contribution in [0.2, 0.25) is 0 Å². The van der Waals surface area contributed by atoms with E-state index in [1.807, 2.05) is 6.07 Å². The van der Waals surface area contributed by atoms with Gasteiger partial charge < -0.3 is 15.5 Å². The summed E-state index contributed by atoms with van der Waals surface area (Å²) in [5.74, 6) is -0.435. The molecule has 190 valence electrons. The number of piperazine rings is 1. The SMILES string of the molecule is O=C(Nc1ccc(S(=O)(=O)N2CCN(c3nc(C(F)(F)F)cs3)CC2)nn1)c1ccc2c(n1)CNC2. The maximum atomic E-state index is 13.0. The van der Waals surface area contributed by atoms with Gasteiger partial charge in [0, 0.05) is 44.6 Å². The van der Waals surface area contributed by atoms with Gasteiger partial charge in [-0.3, -0.25) is 4.79 Å². The normalized spacial score (nSPS) is 16.7. The lowest BCUT2D eigenvalue weighted by molar-refractivity contribution is -0.140. The summed E-state index contributed by atoms with van der Waals surface area (Å²) in [6, 6.07) is 5.99. The van der Waals surface area contributed by atoms with E-state index in [1.165, 1.54) is 16.4 Å². The summed E-state index contributed by atoms with van der Waals surface area (Å²) >= 11 is 0.861. The lowest BCUT2D eigenvalue weighted by Crippen LogP contribution is -2.48. The molecular weight excluding hydrogens is 521 g/mol. The van der Waals surface area contributed by atoms with Gasteiger partial charge in [-0.15, -0.1) is 21.5 Å². The monoisotopic (exact) mass is 540 g/mol. The number of sulfonamides is 1. The summed E-state index contributed by atoms with van der Waals surface area (Å²) in [6.45, 7) is 1.72. The van der Waals surface area contributed by atoms with Crippen molar-refractivity contribution in [2.45, 2.75) is 24.3 Å². The lowest BCUT2D eigenvalue weighted by atomic mass is 10.2. The van der Waals surface area contributed by atoms with Crippen LogP contribution in [0.5, 0.6) is 0 Å². The first-order valence-electron chi connectivity index (χ1n) is 10.7. The van der Waals surface area contributed by atoms with Gasteiger partial charge in [-0.2, -0.15) is 17.5 Å². The van der Waals surface area contributed by atoms with Crippen molar-refractivity contribution in [1.29, 1.82) is 0 Å². The molecule has 2 aliphatic heterocycles. The number of carbonyl (C=O) groups is 1. The van der Waals surface area contributed by atoms with Crippen molar-refractivity contribution in [1.82, 2.24) is 29.8 Å². The summed E-state index contributed by atoms with van der Waals surface area (Å²) in [6.07, 6.45) is -4.53. The van der Waals surface area contributed by atoms with Gasteiger partial charge in [-0.1, -0.05) is 6.07 Å². The van der Waals surface area contributed by atoms with E-state index in [2.05, 4.69) is 30.8 Å². The van der Waals surface area contributed by atoms with Gasteiger partial charge in [0.1, 0.15) is 5.69 Å². The Morgan fingerprint density at radius 3 is 2.47 bits per heavy atom. The van der Waals surface area contributed by atoms with Crippen LogP contribution in [0, 0.1) is 0 Å². The minimum Gasteiger partial charge on any atom is -0.345 e. The van der Waals surface area contributed by atoms with E-state index in [4.69, 9.17) is 0 Å². The molecule has 0 bridgehead atoms. The maximum Gasteiger partial charge on any atom is 0.434 e. The molecule has 5 rings (SSSR count). The molecule has 1 fully saturated rings. The second kappa shape index (κ2) is 9.34. The summed E-state index contributed by atoms with van der Waals surface area (Å²) in [4.78, 5) is 22.0. The number of anilines is 2. The van der Waals surface area contributed by atoms with Gasteiger partial charge in [0.2, 0.25) is 0 Å². The van der Waals surface area contributed by atoms with Crippen molar-refractivity contribution in [2.75, 3.05) is 36.4 Å². The van der Waals surface area contributed by atoms with Crippen molar-refractivity contribution in [2.24, 2.45) is 0 Å². The van der Waals surface area contributed by atoms with Gasteiger partial charge in [0.05, 0.1) is 5.69 Å². The second-order valence-electron chi connectivity index (χ2n) is 8.02. The molecule has 0 unspecified atom stereocenters. The number of pyridine rings is 1. The number of fused-ring (bicyclic) bond motifs is 1. The third kappa shape index (κ3) is 4.88. The topological polar surface area (TPSA) is 133 Å². The number of rotatable bonds is 5. The van der Waals surface area contributed by atoms with Gasteiger partial charge in [-0.25, -0.2) is 18.4 Å². The van der Waals surface area contributed by atoms with E-state index in [1.54, 1.807) is 11.0 Å². The van der Waals surface area contributed by atoms with Crippen LogP contribution >= 0.6 is 11.3 Å². The maximum absolute atomic E-state index is 13.0. The number of nitrogens with zero attached hydrogens (tertiary/aromatic N) is 6. The Kier molecular flexibility index (Phi) is 6.36. The van der Waals surface area contributed by atoms with E-state index in [9.17, 15) is 26.4 Å². The summed E-state index contributed by atoms with van der Waals surface area (Å²) in [5, 5.41) is 14.1. The molecule has 0 radical (unpaired) electrons. The molecule has 36 heavy (non-hydrogen) atoms. The van der Waals surface area contributed by atoms with Crippen LogP contribution < -0.4 is 15.5 Å². The number of aromatic nitrogens is 4. The van der Waals surface area contributed by atoms with Crippen LogP contribution in [0.1, 0.15) is 27.4 Å². The smallest absolute Gasteiger partial charge is 0.345 e. The Labute approximate surface area is 207 Å². The minimum atomic E-state index is -4.53. The molecule has 5 heterocycles. The first kappa shape index (κ1) is 24.5. The molecule has 2 aliphatic rings. The van der Waals surface area contributed by atoms with Gasteiger partial charge in [-0.05, 0) is 23.8 Å². The Morgan fingerprint density at radius 2 is 1.81 bits per heavy atom. The summed E-state index contributed by atoms with van der Waals surface area (Å²) in [7, 11) is -3.99. The Morgan fingerprint density at radius 1 is 1.03 bits per heavy atom. The van der Waals surface area contributed by atoms with Crippen LogP contribution in [0.3, 0.4) is 0 Å². The van der Waals surface area contributed by atoms with Crippen molar-refractivity contribution >= 4 is 38.2 Å². The highest BCUT2D eigenvalue weighted by Gasteiger charge is 2.35. The van der Waals surface area contributed by atoms with Gasteiger partial charge in [0.15, 0.2) is 21.7 Å². The van der Waals surface area contributed by atoms with Crippen LogP contribution in [0.25, 0.3) is 0 Å². The third-order valence-electron chi connectivity index (χ3n) is 5.69. The quantitative estimate of drug-likeness (QED) is 0.496. The highest BCUT2D eigenvalue weighted by molar-refractivity contribution is 7.89. The fourth-order valence-corrected chi connectivity index (χ4v) is 5.96. The van der Waals surface area contributed by atoms with E-state index >= 15 is 0 Å². The van der Waals surface area contributed by atoms with Crippen LogP contribution in [-0.2, 0) is 29.3 Å². The molecule has 0 saturated carbocycles. The molecule has 3 aromatic heterocycles. The van der Waals surface area contributed by atoms with E-state index in [0.717, 1.165) is 28.0 Å². The number of thiazole rings is 1. The molecule has 2 N–H and O–H groups in total. The number of carbonyl (C=O) groups excluding carboxylic acids is 1.